The van der Waals surface area contributed by atoms with Crippen LogP contribution >= 0.6 is 0 Å². The van der Waals surface area contributed by atoms with E-state index in [-0.39, 0.29) is 17.9 Å². The van der Waals surface area contributed by atoms with Crippen LogP contribution in [0.2, 0.25) is 0 Å². The predicted molar refractivity (Wildman–Crippen MR) is 116 cm³/mol. The number of hydrogen-bond donors (Lipinski definition) is 1. The van der Waals surface area contributed by atoms with Gasteiger partial charge in [0.2, 0.25) is 5.91 Å². The molecule has 1 fully saturated rings. The van der Waals surface area contributed by atoms with Gasteiger partial charge < -0.3 is 5.32 Å². The number of carbonyl (C=O) groups excluding carboxylic acids is 1. The highest BCUT2D eigenvalue weighted by Crippen LogP contribution is 2.28. The molecule has 1 saturated heterocycles. The number of nitrogens with zero attached hydrogens (tertiary/aromatic N) is 4. The predicted octanol–water partition coefficient (Wildman–Crippen LogP) is 3.00. The molecule has 0 aliphatic carbocycles. The first kappa shape index (κ1) is 20.3. The van der Waals surface area contributed by atoms with E-state index in [1.54, 1.807) is 0 Å². The Morgan fingerprint density at radius 2 is 2.11 bits per heavy atom. The van der Waals surface area contributed by atoms with Crippen molar-refractivity contribution in [3.8, 4) is 0 Å². The summed E-state index contributed by atoms with van der Waals surface area (Å²) in [5.74, 6) is 0.705. The average Bonchev–Trinajstić information content (AvgIpc) is 3.33. The minimum Gasteiger partial charge on any atom is -0.309 e. The maximum Gasteiger partial charge on any atom is 0.242 e. The molecule has 1 aromatic rings. The summed E-state index contributed by atoms with van der Waals surface area (Å²) in [5, 5.41) is 9.33. The second-order valence-electron chi connectivity index (χ2n) is 7.82. The van der Waals surface area contributed by atoms with Gasteiger partial charge in [0.05, 0.1) is 12.1 Å². The van der Waals surface area contributed by atoms with Gasteiger partial charge in [-0.05, 0) is 76.2 Å². The number of nitrogens with one attached hydrogen (secondary N) is 1. The molecular weight excluding hydrogens is 350 g/mol. The lowest BCUT2D eigenvalue weighted by molar-refractivity contribution is -0.124. The van der Waals surface area contributed by atoms with E-state index in [1.165, 1.54) is 5.56 Å². The zero-order valence-corrected chi connectivity index (χ0v) is 17.4. The van der Waals surface area contributed by atoms with Crippen molar-refractivity contribution < 1.29 is 4.79 Å². The van der Waals surface area contributed by atoms with Crippen molar-refractivity contribution in [3.63, 3.8) is 0 Å². The van der Waals surface area contributed by atoms with E-state index in [1.807, 2.05) is 31.3 Å². The number of carbonyl (C=O) groups is 1. The number of benzene rings is 1. The van der Waals surface area contributed by atoms with Gasteiger partial charge in [-0.3, -0.25) is 14.7 Å². The molecule has 1 aromatic carbocycles. The fourth-order valence-corrected chi connectivity index (χ4v) is 3.82. The van der Waals surface area contributed by atoms with E-state index in [0.717, 1.165) is 37.1 Å². The fourth-order valence-electron chi connectivity index (χ4n) is 3.82. The number of aliphatic imine (C=N–C) groups is 1. The highest BCUT2D eigenvalue weighted by Gasteiger charge is 2.26. The van der Waals surface area contributed by atoms with E-state index in [4.69, 9.17) is 0 Å². The molecule has 0 saturated carbocycles. The highest BCUT2D eigenvalue weighted by atomic mass is 16.2. The molecule has 1 N–H and O–H groups in total. The Bertz CT molecular complexity index is 794. The zero-order chi connectivity index (χ0) is 20.3. The van der Waals surface area contributed by atoms with Gasteiger partial charge in [-0.1, -0.05) is 18.2 Å². The van der Waals surface area contributed by atoms with Crippen molar-refractivity contribution in [2.45, 2.75) is 51.6 Å². The number of amides is 1. The number of aryl methyl sites for hydroxylation is 1. The fraction of sp³-hybridized carbons (Fsp3) is 0.500. The summed E-state index contributed by atoms with van der Waals surface area (Å²) in [6.45, 7) is 11.8. The third-order valence-electron chi connectivity index (χ3n) is 5.99. The lowest BCUT2D eigenvalue weighted by Crippen LogP contribution is -2.43. The lowest BCUT2D eigenvalue weighted by Gasteiger charge is -2.23. The summed E-state index contributed by atoms with van der Waals surface area (Å²) < 4.78 is 0. The smallest absolute Gasteiger partial charge is 0.242 e. The highest BCUT2D eigenvalue weighted by molar-refractivity contribution is 5.84. The van der Waals surface area contributed by atoms with Crippen LogP contribution in [0.3, 0.4) is 0 Å². The summed E-state index contributed by atoms with van der Waals surface area (Å²) >= 11 is 0. The molecule has 2 aliphatic heterocycles. The van der Waals surface area contributed by atoms with Crippen LogP contribution in [0.25, 0.3) is 6.08 Å². The Labute approximate surface area is 168 Å². The van der Waals surface area contributed by atoms with Crippen LogP contribution < -0.4 is 5.32 Å². The van der Waals surface area contributed by atoms with Gasteiger partial charge in [0.1, 0.15) is 5.82 Å². The molecule has 28 heavy (non-hydrogen) atoms. The van der Waals surface area contributed by atoms with Crippen LogP contribution in [0.5, 0.6) is 0 Å². The molecule has 3 rings (SSSR count). The van der Waals surface area contributed by atoms with E-state index in [9.17, 15) is 4.79 Å². The second kappa shape index (κ2) is 8.69. The molecule has 2 unspecified atom stereocenters. The monoisotopic (exact) mass is 381 g/mol. The van der Waals surface area contributed by atoms with E-state index >= 15 is 0 Å². The molecule has 2 heterocycles. The van der Waals surface area contributed by atoms with Gasteiger partial charge in [0, 0.05) is 19.2 Å². The van der Waals surface area contributed by atoms with Crippen molar-refractivity contribution in [1.29, 1.82) is 0 Å². The Morgan fingerprint density at radius 1 is 1.39 bits per heavy atom. The summed E-state index contributed by atoms with van der Waals surface area (Å²) in [5.41, 5.74) is 3.37. The SMILES string of the molecule is C=N/C(=C\c1cc(C2C=NN(C)C2C)ccc1C)NC(=O)[C@@H](C)N1CCCC1. The Hall–Kier alpha value is -2.47. The van der Waals surface area contributed by atoms with Gasteiger partial charge in [0.15, 0.2) is 0 Å². The minimum absolute atomic E-state index is 0.0347. The standard InChI is InChI=1S/C22H31N5O/c1-15-8-9-18(20-14-24-26(5)16(20)2)12-19(15)13-21(23-4)25-22(28)17(3)27-10-6-7-11-27/h8-9,12-14,16-17,20H,4,6-7,10-11H2,1-3,5H3,(H,25,28)/b21-13+/t16?,17-,20?/m1/s1. The van der Waals surface area contributed by atoms with Crippen molar-refractivity contribution in [2.75, 3.05) is 20.1 Å². The Balaban J connectivity index is 1.78. The third-order valence-corrected chi connectivity index (χ3v) is 5.99. The van der Waals surface area contributed by atoms with Gasteiger partial charge in [-0.2, -0.15) is 5.10 Å². The molecule has 0 aromatic heterocycles. The first-order valence-corrected chi connectivity index (χ1v) is 10.0. The minimum atomic E-state index is -0.161. The van der Waals surface area contributed by atoms with Gasteiger partial charge in [-0.25, -0.2) is 4.99 Å². The number of likely N-dealkylation sites (N-methyl/N-ethyl adjacent to an activating group) is 1. The second-order valence-corrected chi connectivity index (χ2v) is 7.82. The molecule has 6 heteroatoms. The molecular formula is C22H31N5O. The van der Waals surface area contributed by atoms with Crippen LogP contribution in [-0.2, 0) is 4.79 Å². The third kappa shape index (κ3) is 4.33. The van der Waals surface area contributed by atoms with Crippen molar-refractivity contribution >= 4 is 24.9 Å². The summed E-state index contributed by atoms with van der Waals surface area (Å²) in [7, 11) is 1.99. The molecule has 2 aliphatic rings. The maximum atomic E-state index is 12.6. The van der Waals surface area contributed by atoms with Crippen molar-refractivity contribution in [3.05, 3.63) is 40.7 Å². The summed E-state index contributed by atoms with van der Waals surface area (Å²) in [6.07, 6.45) is 6.21. The van der Waals surface area contributed by atoms with Crippen LogP contribution in [0.15, 0.2) is 34.1 Å². The van der Waals surface area contributed by atoms with Gasteiger partial charge in [-0.15, -0.1) is 0 Å². The van der Waals surface area contributed by atoms with Crippen molar-refractivity contribution in [1.82, 2.24) is 15.2 Å². The number of likely N-dealkylation sites (tertiary alicyclic amines) is 1. The molecule has 0 radical (unpaired) electrons. The normalized spacial score (nSPS) is 23.9. The van der Waals surface area contributed by atoms with Gasteiger partial charge in [0.25, 0.3) is 0 Å². The number of rotatable bonds is 6. The molecule has 150 valence electrons. The Morgan fingerprint density at radius 3 is 2.71 bits per heavy atom. The Kier molecular flexibility index (Phi) is 6.29. The molecule has 0 spiro atoms. The van der Waals surface area contributed by atoms with Gasteiger partial charge >= 0.3 is 0 Å². The molecule has 0 bridgehead atoms. The molecule has 1 amide bonds. The number of hydrogen-bond acceptors (Lipinski definition) is 5. The summed E-state index contributed by atoms with van der Waals surface area (Å²) in [6, 6.07) is 6.57. The average molecular weight is 382 g/mol. The van der Waals surface area contributed by atoms with Crippen molar-refractivity contribution in [2.24, 2.45) is 10.1 Å². The zero-order valence-electron chi connectivity index (χ0n) is 17.4. The van der Waals surface area contributed by atoms with E-state index < -0.39 is 0 Å². The number of hydrazone groups is 1. The van der Waals surface area contributed by atoms with Crippen LogP contribution in [0, 0.1) is 6.92 Å². The first-order valence-electron chi connectivity index (χ1n) is 10.0. The maximum absolute atomic E-state index is 12.6. The van der Waals surface area contributed by atoms with E-state index in [0.29, 0.717) is 11.9 Å². The van der Waals surface area contributed by atoms with E-state index in [2.05, 4.69) is 59.1 Å². The first-order chi connectivity index (χ1) is 13.4. The lowest BCUT2D eigenvalue weighted by atomic mass is 9.91. The quantitative estimate of drug-likeness (QED) is 0.771. The topological polar surface area (TPSA) is 60.3 Å². The van der Waals surface area contributed by atoms with Crippen LogP contribution in [0.4, 0.5) is 0 Å². The molecule has 3 atom stereocenters. The largest absolute Gasteiger partial charge is 0.309 e. The molecule has 6 nitrogen and oxygen atoms in total. The van der Waals surface area contributed by atoms with Crippen LogP contribution in [0.1, 0.15) is 49.3 Å². The van der Waals surface area contributed by atoms with Crippen LogP contribution in [-0.4, -0.2) is 61.0 Å². The summed E-state index contributed by atoms with van der Waals surface area (Å²) in [4.78, 5) is 18.9.